The third-order valence-corrected chi connectivity index (χ3v) is 6.07. The number of rotatable bonds is 3. The maximum absolute atomic E-state index is 13.4. The van der Waals surface area contributed by atoms with Gasteiger partial charge in [-0.3, -0.25) is 13.9 Å². The van der Waals surface area contributed by atoms with Crippen molar-refractivity contribution in [2.75, 3.05) is 11.4 Å². The fourth-order valence-corrected chi connectivity index (χ4v) is 4.27. The van der Waals surface area contributed by atoms with Crippen molar-refractivity contribution >= 4 is 34.4 Å². The maximum atomic E-state index is 13.4. The average molecular weight is 436 g/mol. The van der Waals surface area contributed by atoms with Gasteiger partial charge in [-0.25, -0.2) is 4.79 Å². The number of hydrogen-bond acceptors (Lipinski definition) is 4. The second-order valence-corrected chi connectivity index (χ2v) is 8.37. The number of hydrogen-bond donors (Lipinski definition) is 0. The number of anilines is 2. The van der Waals surface area contributed by atoms with Gasteiger partial charge in [-0.05, 0) is 43.2 Å². The summed E-state index contributed by atoms with van der Waals surface area (Å²) in [6, 6.07) is 15.4. The van der Waals surface area contributed by atoms with Crippen LogP contribution in [0, 0.1) is 6.92 Å². The van der Waals surface area contributed by atoms with Gasteiger partial charge in [0, 0.05) is 30.8 Å². The highest BCUT2D eigenvalue weighted by atomic mass is 35.5. The zero-order valence-corrected chi connectivity index (χ0v) is 18.1. The van der Waals surface area contributed by atoms with Crippen molar-refractivity contribution in [2.45, 2.75) is 26.4 Å². The molecule has 2 aromatic carbocycles. The van der Waals surface area contributed by atoms with Crippen molar-refractivity contribution in [3.63, 3.8) is 0 Å². The Hall–Kier alpha value is -3.32. The van der Waals surface area contributed by atoms with Gasteiger partial charge in [0.05, 0.1) is 6.54 Å². The van der Waals surface area contributed by atoms with Crippen molar-refractivity contribution in [2.24, 2.45) is 7.05 Å². The van der Waals surface area contributed by atoms with E-state index in [9.17, 15) is 9.59 Å². The number of aromatic nitrogens is 4. The van der Waals surface area contributed by atoms with Crippen LogP contribution in [0.4, 0.5) is 11.6 Å². The molecule has 1 aliphatic rings. The first kappa shape index (κ1) is 19.6. The number of fused-ring (bicyclic) bond motifs is 3. The summed E-state index contributed by atoms with van der Waals surface area (Å²) in [5.74, 6) is 0.696. The Morgan fingerprint density at radius 2 is 1.71 bits per heavy atom. The van der Waals surface area contributed by atoms with Gasteiger partial charge in [-0.1, -0.05) is 41.4 Å². The van der Waals surface area contributed by atoms with E-state index in [4.69, 9.17) is 16.6 Å². The SMILES string of the molecule is Cc1ccc(N2CCCn3c2nc2c3c(=O)n(Cc3ccc(Cl)cc3)c(=O)n2C)cc1. The van der Waals surface area contributed by atoms with Gasteiger partial charge in [-0.15, -0.1) is 0 Å². The summed E-state index contributed by atoms with van der Waals surface area (Å²) >= 11 is 5.97. The first-order valence-electron chi connectivity index (χ1n) is 10.2. The molecular formula is C23H22ClN5O2. The Labute approximate surface area is 183 Å². The summed E-state index contributed by atoms with van der Waals surface area (Å²) in [6.45, 7) is 3.72. The van der Waals surface area contributed by atoms with Gasteiger partial charge in [-0.2, -0.15) is 4.98 Å². The van der Waals surface area contributed by atoms with Crippen LogP contribution in [0.15, 0.2) is 58.1 Å². The minimum absolute atomic E-state index is 0.181. The molecule has 8 heteroatoms. The number of aryl methyl sites for hydroxylation is 3. The number of imidazole rings is 1. The lowest BCUT2D eigenvalue weighted by Crippen LogP contribution is -2.40. The molecule has 7 nitrogen and oxygen atoms in total. The van der Waals surface area contributed by atoms with E-state index in [0.717, 1.165) is 24.2 Å². The highest BCUT2D eigenvalue weighted by Gasteiger charge is 2.27. The van der Waals surface area contributed by atoms with Crippen molar-refractivity contribution in [3.05, 3.63) is 85.5 Å². The van der Waals surface area contributed by atoms with E-state index in [-0.39, 0.29) is 17.8 Å². The normalized spacial score (nSPS) is 13.6. The molecule has 0 amide bonds. The van der Waals surface area contributed by atoms with Gasteiger partial charge in [0.15, 0.2) is 11.2 Å². The van der Waals surface area contributed by atoms with Crippen molar-refractivity contribution in [1.29, 1.82) is 0 Å². The first-order chi connectivity index (χ1) is 14.9. The molecule has 4 aromatic rings. The van der Waals surface area contributed by atoms with Crippen LogP contribution in [-0.4, -0.2) is 25.2 Å². The quantitative estimate of drug-likeness (QED) is 0.494. The number of halogens is 1. The van der Waals surface area contributed by atoms with Crippen molar-refractivity contribution < 1.29 is 0 Å². The lowest BCUT2D eigenvalue weighted by molar-refractivity contribution is 0.597. The highest BCUT2D eigenvalue weighted by molar-refractivity contribution is 6.30. The number of benzene rings is 2. The second-order valence-electron chi connectivity index (χ2n) is 7.94. The van der Waals surface area contributed by atoms with Crippen LogP contribution in [-0.2, 0) is 20.1 Å². The van der Waals surface area contributed by atoms with E-state index in [2.05, 4.69) is 29.2 Å². The maximum Gasteiger partial charge on any atom is 0.332 e. The highest BCUT2D eigenvalue weighted by Crippen LogP contribution is 2.31. The molecule has 0 aliphatic carbocycles. The van der Waals surface area contributed by atoms with Gasteiger partial charge in [0.1, 0.15) is 0 Å². The zero-order valence-electron chi connectivity index (χ0n) is 17.4. The smallest absolute Gasteiger partial charge is 0.312 e. The topological polar surface area (TPSA) is 65.1 Å². The largest absolute Gasteiger partial charge is 0.332 e. The molecule has 31 heavy (non-hydrogen) atoms. The monoisotopic (exact) mass is 435 g/mol. The summed E-state index contributed by atoms with van der Waals surface area (Å²) in [5.41, 5.74) is 3.21. The van der Waals surface area contributed by atoms with Gasteiger partial charge in [0.2, 0.25) is 5.95 Å². The molecule has 5 rings (SSSR count). The average Bonchev–Trinajstić information content (AvgIpc) is 3.17. The lowest BCUT2D eigenvalue weighted by atomic mass is 10.2. The summed E-state index contributed by atoms with van der Waals surface area (Å²) in [4.78, 5) is 33.3. The van der Waals surface area contributed by atoms with Crippen LogP contribution in [0.3, 0.4) is 0 Å². The molecule has 0 atom stereocenters. The van der Waals surface area contributed by atoms with Crippen LogP contribution in [0.2, 0.25) is 5.02 Å². The van der Waals surface area contributed by atoms with E-state index in [1.807, 2.05) is 23.6 Å². The van der Waals surface area contributed by atoms with Crippen LogP contribution in [0.1, 0.15) is 17.5 Å². The third kappa shape index (κ3) is 3.25. The standard InChI is InChI=1S/C23H22ClN5O2/c1-15-4-10-18(11-5-15)27-12-3-13-28-19-20(25-22(27)28)26(2)23(31)29(21(19)30)14-16-6-8-17(24)9-7-16/h4-11H,3,12-14H2,1-2H3. The molecule has 158 valence electrons. The molecule has 1 aliphatic heterocycles. The van der Waals surface area contributed by atoms with Crippen LogP contribution in [0.5, 0.6) is 0 Å². The Balaban J connectivity index is 1.68. The second kappa shape index (κ2) is 7.42. The minimum Gasteiger partial charge on any atom is -0.312 e. The molecule has 0 radical (unpaired) electrons. The Kier molecular flexibility index (Phi) is 4.70. The molecule has 3 heterocycles. The van der Waals surface area contributed by atoms with E-state index < -0.39 is 0 Å². The predicted molar refractivity (Wildman–Crippen MR) is 123 cm³/mol. The lowest BCUT2D eigenvalue weighted by Gasteiger charge is -2.29. The number of nitrogens with zero attached hydrogens (tertiary/aromatic N) is 5. The third-order valence-electron chi connectivity index (χ3n) is 5.82. The summed E-state index contributed by atoms with van der Waals surface area (Å²) in [7, 11) is 1.66. The predicted octanol–water partition coefficient (Wildman–Crippen LogP) is 3.45. The molecule has 0 unspecified atom stereocenters. The molecular weight excluding hydrogens is 414 g/mol. The van der Waals surface area contributed by atoms with Crippen molar-refractivity contribution in [3.8, 4) is 0 Å². The molecule has 0 fully saturated rings. The van der Waals surface area contributed by atoms with Crippen molar-refractivity contribution in [1.82, 2.24) is 18.7 Å². The fraction of sp³-hybridized carbons (Fsp3) is 0.261. The van der Waals surface area contributed by atoms with Gasteiger partial charge in [0.25, 0.3) is 5.56 Å². The Bertz CT molecular complexity index is 1400. The van der Waals surface area contributed by atoms with Gasteiger partial charge >= 0.3 is 5.69 Å². The molecule has 0 bridgehead atoms. The van der Waals surface area contributed by atoms with Gasteiger partial charge < -0.3 is 9.47 Å². The molecule has 0 N–H and O–H groups in total. The molecule has 2 aromatic heterocycles. The summed E-state index contributed by atoms with van der Waals surface area (Å²) in [5, 5.41) is 0.612. The Morgan fingerprint density at radius 3 is 2.42 bits per heavy atom. The van der Waals surface area contributed by atoms with E-state index in [1.54, 1.807) is 19.2 Å². The van der Waals surface area contributed by atoms with Crippen LogP contribution >= 0.6 is 11.6 Å². The minimum atomic E-state index is -0.384. The molecule has 0 saturated carbocycles. The first-order valence-corrected chi connectivity index (χ1v) is 10.6. The van der Waals surface area contributed by atoms with Crippen LogP contribution < -0.4 is 16.1 Å². The molecule has 0 spiro atoms. The Morgan fingerprint density at radius 1 is 1.00 bits per heavy atom. The summed E-state index contributed by atoms with van der Waals surface area (Å²) < 4.78 is 4.68. The van der Waals surface area contributed by atoms with Crippen LogP contribution in [0.25, 0.3) is 11.2 Å². The summed E-state index contributed by atoms with van der Waals surface area (Å²) in [6.07, 6.45) is 0.881. The van der Waals surface area contributed by atoms with E-state index >= 15 is 0 Å². The zero-order chi connectivity index (χ0) is 21.7. The fourth-order valence-electron chi connectivity index (χ4n) is 4.15. The van der Waals surface area contributed by atoms with E-state index in [1.165, 1.54) is 14.7 Å². The van der Waals surface area contributed by atoms with E-state index in [0.29, 0.717) is 28.7 Å². The molecule has 0 saturated heterocycles.